The number of sulfonamides is 1. The lowest BCUT2D eigenvalue weighted by atomic mass is 10.3. The van der Waals surface area contributed by atoms with E-state index in [1.807, 2.05) is 13.8 Å². The van der Waals surface area contributed by atoms with Crippen molar-refractivity contribution in [2.45, 2.75) is 31.6 Å². The predicted molar refractivity (Wildman–Crippen MR) is 81.5 cm³/mol. The van der Waals surface area contributed by atoms with Gasteiger partial charge in [-0.3, -0.25) is 0 Å². The molecule has 0 aromatic heterocycles. The zero-order valence-electron chi connectivity index (χ0n) is 12.2. The Labute approximate surface area is 121 Å². The molecule has 1 aromatic rings. The highest BCUT2D eigenvalue weighted by atomic mass is 32.2. The van der Waals surface area contributed by atoms with Crippen molar-refractivity contribution in [2.24, 2.45) is 0 Å². The number of ether oxygens (including phenoxy) is 1. The Kier molecular flexibility index (Phi) is 7.58. The first-order valence-electron chi connectivity index (χ1n) is 7.01. The molecule has 0 heterocycles. The normalized spacial score (nSPS) is 11.5. The molecule has 0 aliphatic heterocycles. The molecule has 0 aliphatic rings. The third-order valence-corrected chi connectivity index (χ3v) is 4.18. The fourth-order valence-corrected chi connectivity index (χ4v) is 2.76. The average molecular weight is 300 g/mol. The van der Waals surface area contributed by atoms with Gasteiger partial charge < -0.3 is 10.1 Å². The number of benzene rings is 1. The van der Waals surface area contributed by atoms with E-state index in [1.165, 1.54) is 0 Å². The first-order valence-corrected chi connectivity index (χ1v) is 8.49. The number of hydrogen-bond acceptors (Lipinski definition) is 4. The van der Waals surface area contributed by atoms with Crippen molar-refractivity contribution in [1.29, 1.82) is 0 Å². The zero-order chi connectivity index (χ0) is 14.8. The SMILES string of the molecule is CCCNS(=O)(=O)c1ccc(NCCCOCC)cc1. The molecule has 0 bridgehead atoms. The van der Waals surface area contributed by atoms with Crippen LogP contribution in [0.4, 0.5) is 5.69 Å². The third-order valence-electron chi connectivity index (χ3n) is 2.71. The van der Waals surface area contributed by atoms with Gasteiger partial charge in [-0.15, -0.1) is 0 Å². The van der Waals surface area contributed by atoms with E-state index in [4.69, 9.17) is 4.74 Å². The van der Waals surface area contributed by atoms with Gasteiger partial charge in [0, 0.05) is 32.0 Å². The molecule has 6 heteroatoms. The Bertz CT molecular complexity index is 472. The zero-order valence-corrected chi connectivity index (χ0v) is 13.0. The largest absolute Gasteiger partial charge is 0.385 e. The van der Waals surface area contributed by atoms with E-state index in [0.29, 0.717) is 11.4 Å². The summed E-state index contributed by atoms with van der Waals surface area (Å²) in [6.45, 7) is 6.63. The third kappa shape index (κ3) is 5.90. The van der Waals surface area contributed by atoms with Gasteiger partial charge in [-0.2, -0.15) is 0 Å². The first kappa shape index (κ1) is 16.9. The molecule has 0 saturated carbocycles. The van der Waals surface area contributed by atoms with Crippen molar-refractivity contribution in [3.8, 4) is 0 Å². The summed E-state index contributed by atoms with van der Waals surface area (Å²) in [5, 5.41) is 3.23. The molecule has 0 spiro atoms. The standard InChI is InChI=1S/C14H24N2O3S/c1-3-10-16-20(17,18)14-8-6-13(7-9-14)15-11-5-12-19-4-2/h6-9,15-16H,3-5,10-12H2,1-2H3. The van der Waals surface area contributed by atoms with E-state index in [0.717, 1.165) is 38.3 Å². The van der Waals surface area contributed by atoms with Crippen LogP contribution in [0.5, 0.6) is 0 Å². The second kappa shape index (κ2) is 8.94. The molecule has 0 radical (unpaired) electrons. The van der Waals surface area contributed by atoms with Crippen LogP contribution in [0.25, 0.3) is 0 Å². The molecule has 114 valence electrons. The van der Waals surface area contributed by atoms with Gasteiger partial charge in [0.25, 0.3) is 0 Å². The van der Waals surface area contributed by atoms with Crippen LogP contribution in [-0.2, 0) is 14.8 Å². The highest BCUT2D eigenvalue weighted by Crippen LogP contribution is 2.13. The number of hydrogen-bond donors (Lipinski definition) is 2. The summed E-state index contributed by atoms with van der Waals surface area (Å²) >= 11 is 0. The van der Waals surface area contributed by atoms with Gasteiger partial charge in [-0.25, -0.2) is 13.1 Å². The molecular formula is C14H24N2O3S. The molecule has 0 fully saturated rings. The fourth-order valence-electron chi connectivity index (χ4n) is 1.62. The maximum absolute atomic E-state index is 11.9. The predicted octanol–water partition coefficient (Wildman–Crippen LogP) is 2.21. The first-order chi connectivity index (χ1) is 9.60. The van der Waals surface area contributed by atoms with E-state index >= 15 is 0 Å². The smallest absolute Gasteiger partial charge is 0.240 e. The Balaban J connectivity index is 2.47. The number of anilines is 1. The number of rotatable bonds is 10. The summed E-state index contributed by atoms with van der Waals surface area (Å²) in [7, 11) is -3.37. The van der Waals surface area contributed by atoms with E-state index < -0.39 is 10.0 Å². The lowest BCUT2D eigenvalue weighted by molar-refractivity contribution is 0.147. The van der Waals surface area contributed by atoms with Gasteiger partial charge in [0.1, 0.15) is 0 Å². The maximum Gasteiger partial charge on any atom is 0.240 e. The molecule has 1 aromatic carbocycles. The van der Waals surface area contributed by atoms with E-state index in [1.54, 1.807) is 24.3 Å². The van der Waals surface area contributed by atoms with Gasteiger partial charge in [0.15, 0.2) is 0 Å². The van der Waals surface area contributed by atoms with Crippen LogP contribution in [0.2, 0.25) is 0 Å². The molecule has 0 aliphatic carbocycles. The maximum atomic E-state index is 11.9. The summed E-state index contributed by atoms with van der Waals surface area (Å²) in [6.07, 6.45) is 1.70. The van der Waals surface area contributed by atoms with Crippen molar-refractivity contribution in [3.63, 3.8) is 0 Å². The molecule has 0 unspecified atom stereocenters. The Hall–Kier alpha value is -1.11. The van der Waals surface area contributed by atoms with Crippen molar-refractivity contribution >= 4 is 15.7 Å². The summed E-state index contributed by atoms with van der Waals surface area (Å²) in [4.78, 5) is 0.297. The Morgan fingerprint density at radius 1 is 1.10 bits per heavy atom. The Morgan fingerprint density at radius 2 is 1.80 bits per heavy atom. The van der Waals surface area contributed by atoms with E-state index in [2.05, 4.69) is 10.0 Å². The van der Waals surface area contributed by atoms with Gasteiger partial charge in [-0.05, 0) is 44.0 Å². The van der Waals surface area contributed by atoms with Gasteiger partial charge in [0.05, 0.1) is 4.90 Å². The molecule has 1 rings (SSSR count). The summed E-state index contributed by atoms with van der Waals surface area (Å²) in [6, 6.07) is 6.79. The monoisotopic (exact) mass is 300 g/mol. The lowest BCUT2D eigenvalue weighted by Gasteiger charge is -2.09. The number of nitrogens with one attached hydrogen (secondary N) is 2. The van der Waals surface area contributed by atoms with Crippen LogP contribution in [0.3, 0.4) is 0 Å². The topological polar surface area (TPSA) is 67.4 Å². The lowest BCUT2D eigenvalue weighted by Crippen LogP contribution is -2.24. The van der Waals surface area contributed by atoms with Crippen molar-refractivity contribution in [3.05, 3.63) is 24.3 Å². The minimum Gasteiger partial charge on any atom is -0.385 e. The second-order valence-corrected chi connectivity index (χ2v) is 6.17. The van der Waals surface area contributed by atoms with Crippen LogP contribution in [0.1, 0.15) is 26.7 Å². The molecule has 20 heavy (non-hydrogen) atoms. The molecule has 2 N–H and O–H groups in total. The van der Waals surface area contributed by atoms with Gasteiger partial charge in [0.2, 0.25) is 10.0 Å². The average Bonchev–Trinajstić information content (AvgIpc) is 2.45. The Morgan fingerprint density at radius 3 is 2.40 bits per heavy atom. The van der Waals surface area contributed by atoms with Crippen LogP contribution < -0.4 is 10.0 Å². The van der Waals surface area contributed by atoms with Crippen molar-refractivity contribution in [1.82, 2.24) is 4.72 Å². The fraction of sp³-hybridized carbons (Fsp3) is 0.571. The second-order valence-electron chi connectivity index (χ2n) is 4.40. The van der Waals surface area contributed by atoms with E-state index in [9.17, 15) is 8.42 Å². The van der Waals surface area contributed by atoms with Crippen molar-refractivity contribution in [2.75, 3.05) is 31.6 Å². The highest BCUT2D eigenvalue weighted by molar-refractivity contribution is 7.89. The van der Waals surface area contributed by atoms with Crippen molar-refractivity contribution < 1.29 is 13.2 Å². The van der Waals surface area contributed by atoms with Gasteiger partial charge in [-0.1, -0.05) is 6.92 Å². The molecule has 5 nitrogen and oxygen atoms in total. The minimum atomic E-state index is -3.37. The van der Waals surface area contributed by atoms with Crippen LogP contribution in [-0.4, -0.2) is 34.7 Å². The minimum absolute atomic E-state index is 0.297. The molecule has 0 amide bonds. The summed E-state index contributed by atoms with van der Waals surface area (Å²) in [5.41, 5.74) is 0.913. The molecular weight excluding hydrogens is 276 g/mol. The van der Waals surface area contributed by atoms with Gasteiger partial charge >= 0.3 is 0 Å². The quantitative estimate of drug-likeness (QED) is 0.650. The molecule has 0 atom stereocenters. The highest BCUT2D eigenvalue weighted by Gasteiger charge is 2.12. The van der Waals surface area contributed by atoms with Crippen LogP contribution >= 0.6 is 0 Å². The molecule has 0 saturated heterocycles. The van der Waals surface area contributed by atoms with E-state index in [-0.39, 0.29) is 0 Å². The summed E-state index contributed by atoms with van der Waals surface area (Å²) in [5.74, 6) is 0. The van der Waals surface area contributed by atoms with Crippen LogP contribution in [0.15, 0.2) is 29.2 Å². The van der Waals surface area contributed by atoms with Crippen LogP contribution in [0, 0.1) is 0 Å². The summed E-state index contributed by atoms with van der Waals surface area (Å²) < 4.78 is 31.6.